The molecule has 0 bridgehead atoms. The summed E-state index contributed by atoms with van der Waals surface area (Å²) in [4.78, 5) is 22.7. The van der Waals surface area contributed by atoms with Crippen molar-refractivity contribution in [2.24, 2.45) is 0 Å². The lowest BCUT2D eigenvalue weighted by atomic mass is 10.1. The van der Waals surface area contributed by atoms with Crippen LogP contribution in [-0.2, 0) is 21.4 Å². The van der Waals surface area contributed by atoms with Gasteiger partial charge < -0.3 is 5.32 Å². The van der Waals surface area contributed by atoms with Crippen LogP contribution in [-0.4, -0.2) is 19.3 Å². The smallest absolute Gasteiger partial charge is 0.277 e. The van der Waals surface area contributed by atoms with E-state index in [1.54, 1.807) is 79.1 Å². The maximum Gasteiger partial charge on any atom is 0.277 e. The molecule has 0 aliphatic carbocycles. The van der Waals surface area contributed by atoms with E-state index in [1.165, 1.54) is 12.1 Å². The Morgan fingerprint density at radius 2 is 1.46 bits per heavy atom. The van der Waals surface area contributed by atoms with Crippen molar-refractivity contribution in [3.8, 4) is 0 Å². The average molecular weight is 489 g/mol. The second-order valence-corrected chi connectivity index (χ2v) is 9.24. The number of carbonyl (C=O) groups excluding carboxylic acids is 1. The number of para-hydroxylation sites is 1. The van der Waals surface area contributed by atoms with Gasteiger partial charge in [0, 0.05) is 24.6 Å². The zero-order valence-electron chi connectivity index (χ0n) is 18.7. The Balaban J connectivity index is 1.49. The summed E-state index contributed by atoms with van der Waals surface area (Å²) in [6.07, 6.45) is 2.25. The zero-order valence-corrected chi connectivity index (χ0v) is 19.5. The molecule has 8 nitrogen and oxygen atoms in total. The van der Waals surface area contributed by atoms with Crippen molar-refractivity contribution in [2.75, 3.05) is 5.32 Å². The fourth-order valence-corrected chi connectivity index (χ4v) is 4.41. The first kappa shape index (κ1) is 24.1. The summed E-state index contributed by atoms with van der Waals surface area (Å²) in [5.41, 5.74) is 4.87. The SMILES string of the molecule is O=C(NOC(NS(=O)(=O)c1ccccc1)c1ccccc1)c1ccccc1NCc1ccncc1. The number of carbonyl (C=O) groups is 1. The molecule has 9 heteroatoms. The molecule has 0 saturated carbocycles. The molecule has 1 atom stereocenters. The number of anilines is 1. The van der Waals surface area contributed by atoms with Crippen molar-refractivity contribution in [1.29, 1.82) is 0 Å². The Bertz CT molecular complexity index is 1350. The Morgan fingerprint density at radius 3 is 2.17 bits per heavy atom. The number of nitrogens with one attached hydrogen (secondary N) is 3. The number of sulfonamides is 1. The van der Waals surface area contributed by atoms with Gasteiger partial charge in [0.2, 0.25) is 10.0 Å². The molecule has 3 aromatic carbocycles. The predicted octanol–water partition coefficient (Wildman–Crippen LogP) is 4.03. The van der Waals surface area contributed by atoms with Crippen molar-refractivity contribution in [2.45, 2.75) is 17.7 Å². The second-order valence-electron chi connectivity index (χ2n) is 7.53. The highest BCUT2D eigenvalue weighted by Gasteiger charge is 2.23. The van der Waals surface area contributed by atoms with Gasteiger partial charge >= 0.3 is 0 Å². The van der Waals surface area contributed by atoms with Crippen LogP contribution in [0.2, 0.25) is 0 Å². The highest BCUT2D eigenvalue weighted by molar-refractivity contribution is 7.89. The summed E-state index contributed by atoms with van der Waals surface area (Å²) >= 11 is 0. The van der Waals surface area contributed by atoms with Crippen molar-refractivity contribution in [3.63, 3.8) is 0 Å². The molecule has 4 aromatic rings. The number of hydrogen-bond donors (Lipinski definition) is 3. The Hall–Kier alpha value is -4.05. The van der Waals surface area contributed by atoms with E-state index in [1.807, 2.05) is 18.2 Å². The van der Waals surface area contributed by atoms with Crippen LogP contribution >= 0.6 is 0 Å². The quantitative estimate of drug-likeness (QED) is 0.230. The Kier molecular flexibility index (Phi) is 7.84. The van der Waals surface area contributed by atoms with Crippen LogP contribution in [0.3, 0.4) is 0 Å². The topological polar surface area (TPSA) is 109 Å². The highest BCUT2D eigenvalue weighted by Crippen LogP contribution is 2.20. The van der Waals surface area contributed by atoms with E-state index in [4.69, 9.17) is 4.84 Å². The summed E-state index contributed by atoms with van der Waals surface area (Å²) in [6, 6.07) is 27.4. The van der Waals surface area contributed by atoms with Crippen molar-refractivity contribution < 1.29 is 18.0 Å². The van der Waals surface area contributed by atoms with Gasteiger partial charge in [-0.1, -0.05) is 60.7 Å². The molecule has 0 aliphatic rings. The van der Waals surface area contributed by atoms with E-state index >= 15 is 0 Å². The van der Waals surface area contributed by atoms with Crippen LogP contribution in [0.4, 0.5) is 5.69 Å². The number of rotatable bonds is 10. The normalized spacial score (nSPS) is 12.0. The minimum absolute atomic E-state index is 0.0847. The van der Waals surface area contributed by atoms with Gasteiger partial charge in [0.1, 0.15) is 0 Å². The van der Waals surface area contributed by atoms with Gasteiger partial charge in [-0.05, 0) is 47.5 Å². The molecule has 0 fully saturated rings. The molecule has 1 aromatic heterocycles. The lowest BCUT2D eigenvalue weighted by Gasteiger charge is -2.20. The van der Waals surface area contributed by atoms with Gasteiger partial charge in [-0.3, -0.25) is 9.78 Å². The van der Waals surface area contributed by atoms with Crippen molar-refractivity contribution >= 4 is 21.6 Å². The van der Waals surface area contributed by atoms with Crippen LogP contribution in [0.5, 0.6) is 0 Å². The molecule has 1 amide bonds. The summed E-state index contributed by atoms with van der Waals surface area (Å²) in [5.74, 6) is -0.525. The number of amides is 1. The standard InChI is InChI=1S/C26H24N4O4S/c31-25(23-13-7-8-14-24(23)28-19-20-15-17-27-18-16-20)29-34-26(21-9-3-1-4-10-21)30-35(32,33)22-11-5-2-6-12-22/h1-18,26,28,30H,19H2,(H,29,31). The van der Waals surface area contributed by atoms with Crippen molar-refractivity contribution in [1.82, 2.24) is 15.2 Å². The molecule has 0 radical (unpaired) electrons. The van der Waals surface area contributed by atoms with E-state index in [2.05, 4.69) is 20.5 Å². The second kappa shape index (κ2) is 11.4. The third-order valence-electron chi connectivity index (χ3n) is 5.09. The van der Waals surface area contributed by atoms with Gasteiger partial charge in [-0.25, -0.2) is 18.7 Å². The number of hydroxylamine groups is 1. The number of pyridine rings is 1. The van der Waals surface area contributed by atoms with E-state index in [9.17, 15) is 13.2 Å². The van der Waals surface area contributed by atoms with E-state index in [-0.39, 0.29) is 4.90 Å². The monoisotopic (exact) mass is 488 g/mol. The first-order valence-electron chi connectivity index (χ1n) is 10.8. The molecular formula is C26H24N4O4S. The van der Waals surface area contributed by atoms with Crippen molar-refractivity contribution in [3.05, 3.63) is 126 Å². The predicted molar refractivity (Wildman–Crippen MR) is 133 cm³/mol. The fourth-order valence-electron chi connectivity index (χ4n) is 3.30. The van der Waals surface area contributed by atoms with E-state index in [0.717, 1.165) is 5.56 Å². The molecule has 0 spiro atoms. The van der Waals surface area contributed by atoms with Crippen LogP contribution in [0.15, 0.2) is 114 Å². The molecule has 178 valence electrons. The van der Waals surface area contributed by atoms with Gasteiger partial charge in [0.25, 0.3) is 5.91 Å². The zero-order chi connectivity index (χ0) is 24.5. The van der Waals surface area contributed by atoms with E-state index in [0.29, 0.717) is 23.4 Å². The Morgan fingerprint density at radius 1 is 0.829 bits per heavy atom. The summed E-state index contributed by atoms with van der Waals surface area (Å²) in [6.45, 7) is 0.497. The highest BCUT2D eigenvalue weighted by atomic mass is 32.2. The van der Waals surface area contributed by atoms with Gasteiger partial charge in [-0.2, -0.15) is 4.72 Å². The van der Waals surface area contributed by atoms with Gasteiger partial charge in [0.15, 0.2) is 6.23 Å². The molecule has 1 heterocycles. The maximum atomic E-state index is 13.0. The first-order chi connectivity index (χ1) is 17.0. The number of aromatic nitrogens is 1. The molecule has 4 rings (SSSR count). The van der Waals surface area contributed by atoms with Crippen LogP contribution in [0, 0.1) is 0 Å². The fraction of sp³-hybridized carbons (Fsp3) is 0.0769. The molecular weight excluding hydrogens is 464 g/mol. The molecule has 0 saturated heterocycles. The molecule has 3 N–H and O–H groups in total. The van der Waals surface area contributed by atoms with E-state index < -0.39 is 22.2 Å². The summed E-state index contributed by atoms with van der Waals surface area (Å²) in [7, 11) is -3.91. The van der Waals surface area contributed by atoms with Gasteiger partial charge in [-0.15, -0.1) is 0 Å². The number of hydrogen-bond acceptors (Lipinski definition) is 6. The average Bonchev–Trinajstić information content (AvgIpc) is 2.91. The minimum atomic E-state index is -3.91. The molecule has 1 unspecified atom stereocenters. The van der Waals surface area contributed by atoms with Crippen LogP contribution in [0.25, 0.3) is 0 Å². The lowest BCUT2D eigenvalue weighted by molar-refractivity contribution is -0.0226. The maximum absolute atomic E-state index is 13.0. The number of benzene rings is 3. The van der Waals surface area contributed by atoms with Crippen LogP contribution < -0.4 is 15.5 Å². The summed E-state index contributed by atoms with van der Waals surface area (Å²) in [5, 5.41) is 3.23. The lowest BCUT2D eigenvalue weighted by Crippen LogP contribution is -2.36. The largest absolute Gasteiger partial charge is 0.380 e. The molecule has 35 heavy (non-hydrogen) atoms. The Labute approximate surface area is 204 Å². The third-order valence-corrected chi connectivity index (χ3v) is 6.51. The third kappa shape index (κ3) is 6.51. The van der Waals surface area contributed by atoms with Gasteiger partial charge in [0.05, 0.1) is 10.5 Å². The first-order valence-corrected chi connectivity index (χ1v) is 12.3. The van der Waals surface area contributed by atoms with Crippen LogP contribution in [0.1, 0.15) is 27.7 Å². The summed E-state index contributed by atoms with van der Waals surface area (Å²) < 4.78 is 28.3. The molecule has 0 aliphatic heterocycles. The number of nitrogens with zero attached hydrogens (tertiary/aromatic N) is 1. The minimum Gasteiger partial charge on any atom is -0.380 e.